The standard InChI is InChI=1S/C18H23N3/c1-19-18-14-7-3-2-6-13(14)10-11-17(18)21-12-20-15-8-4-5-9-16(15)21/h2-3,6-7,12,17-19H,4-5,8-11H2,1H3. The number of benzene rings is 1. The van der Waals surface area contributed by atoms with Crippen molar-refractivity contribution in [2.45, 2.75) is 50.6 Å². The summed E-state index contributed by atoms with van der Waals surface area (Å²) in [5, 5.41) is 3.56. The zero-order valence-corrected chi connectivity index (χ0v) is 12.7. The number of hydrogen-bond acceptors (Lipinski definition) is 2. The van der Waals surface area contributed by atoms with Crippen LogP contribution in [0.15, 0.2) is 30.6 Å². The van der Waals surface area contributed by atoms with Crippen molar-refractivity contribution in [2.75, 3.05) is 7.05 Å². The van der Waals surface area contributed by atoms with Gasteiger partial charge < -0.3 is 9.88 Å². The molecule has 1 aromatic carbocycles. The minimum Gasteiger partial charge on any atom is -0.329 e. The van der Waals surface area contributed by atoms with Gasteiger partial charge in [0.1, 0.15) is 0 Å². The van der Waals surface area contributed by atoms with Crippen molar-refractivity contribution in [1.29, 1.82) is 0 Å². The third-order valence-electron chi connectivity index (χ3n) is 5.21. The monoisotopic (exact) mass is 281 g/mol. The molecule has 0 amide bonds. The molecule has 0 radical (unpaired) electrons. The number of nitrogens with one attached hydrogen (secondary N) is 1. The zero-order chi connectivity index (χ0) is 14.2. The smallest absolute Gasteiger partial charge is 0.0954 e. The lowest BCUT2D eigenvalue weighted by Crippen LogP contribution is -2.32. The Morgan fingerprint density at radius 1 is 1.14 bits per heavy atom. The Morgan fingerprint density at radius 2 is 2.00 bits per heavy atom. The zero-order valence-electron chi connectivity index (χ0n) is 12.7. The maximum Gasteiger partial charge on any atom is 0.0954 e. The van der Waals surface area contributed by atoms with E-state index in [-0.39, 0.29) is 0 Å². The summed E-state index contributed by atoms with van der Waals surface area (Å²) in [5.74, 6) is 0. The van der Waals surface area contributed by atoms with E-state index in [4.69, 9.17) is 4.98 Å². The average molecular weight is 281 g/mol. The van der Waals surface area contributed by atoms with E-state index < -0.39 is 0 Å². The molecular formula is C18H23N3. The first-order valence-electron chi connectivity index (χ1n) is 8.18. The summed E-state index contributed by atoms with van der Waals surface area (Å²) in [4.78, 5) is 4.69. The molecule has 4 rings (SSSR count). The molecule has 2 aromatic rings. The Labute approximate surface area is 126 Å². The number of aryl methyl sites for hydroxylation is 2. The Bertz CT molecular complexity index is 644. The fourth-order valence-electron chi connectivity index (χ4n) is 4.17. The minimum atomic E-state index is 0.398. The van der Waals surface area contributed by atoms with Crippen molar-refractivity contribution in [3.8, 4) is 0 Å². The van der Waals surface area contributed by atoms with E-state index in [1.807, 2.05) is 0 Å². The molecule has 0 spiro atoms. The minimum absolute atomic E-state index is 0.398. The second-order valence-electron chi connectivity index (χ2n) is 6.32. The Balaban J connectivity index is 1.74. The van der Waals surface area contributed by atoms with Crippen molar-refractivity contribution >= 4 is 0 Å². The predicted octanol–water partition coefficient (Wildman–Crippen LogP) is 3.21. The van der Waals surface area contributed by atoms with Crippen molar-refractivity contribution in [3.05, 3.63) is 53.1 Å². The van der Waals surface area contributed by atoms with E-state index >= 15 is 0 Å². The second-order valence-corrected chi connectivity index (χ2v) is 6.32. The summed E-state index contributed by atoms with van der Waals surface area (Å²) < 4.78 is 2.48. The molecule has 0 saturated heterocycles. The SMILES string of the molecule is CNC1c2ccccc2CCC1n1cnc2c1CCCC2. The third-order valence-corrected chi connectivity index (χ3v) is 5.21. The van der Waals surface area contributed by atoms with Crippen LogP contribution in [0.25, 0.3) is 0 Å². The fraction of sp³-hybridized carbons (Fsp3) is 0.500. The number of hydrogen-bond donors (Lipinski definition) is 1. The van der Waals surface area contributed by atoms with Crippen LogP contribution in [0.2, 0.25) is 0 Å². The van der Waals surface area contributed by atoms with Crippen LogP contribution >= 0.6 is 0 Å². The van der Waals surface area contributed by atoms with Crippen molar-refractivity contribution in [1.82, 2.24) is 14.9 Å². The summed E-state index contributed by atoms with van der Waals surface area (Å²) in [5.41, 5.74) is 5.80. The molecule has 0 fully saturated rings. The van der Waals surface area contributed by atoms with Gasteiger partial charge in [0.05, 0.1) is 24.1 Å². The molecule has 3 nitrogen and oxygen atoms in total. The summed E-state index contributed by atoms with van der Waals surface area (Å²) in [7, 11) is 2.09. The molecule has 110 valence electrons. The summed E-state index contributed by atoms with van der Waals surface area (Å²) in [6, 6.07) is 9.78. The van der Waals surface area contributed by atoms with Crippen LogP contribution in [-0.2, 0) is 19.3 Å². The maximum absolute atomic E-state index is 4.69. The van der Waals surface area contributed by atoms with Gasteiger partial charge in [-0.15, -0.1) is 0 Å². The van der Waals surface area contributed by atoms with E-state index in [9.17, 15) is 0 Å². The van der Waals surface area contributed by atoms with Crippen molar-refractivity contribution in [3.63, 3.8) is 0 Å². The second kappa shape index (κ2) is 5.30. The maximum atomic E-state index is 4.69. The highest BCUT2D eigenvalue weighted by Gasteiger charge is 2.31. The lowest BCUT2D eigenvalue weighted by atomic mass is 9.83. The molecule has 21 heavy (non-hydrogen) atoms. The van der Waals surface area contributed by atoms with Crippen LogP contribution in [-0.4, -0.2) is 16.6 Å². The number of likely N-dealkylation sites (N-methyl/N-ethyl adjacent to an activating group) is 1. The third kappa shape index (κ3) is 2.11. The number of nitrogens with zero attached hydrogens (tertiary/aromatic N) is 2. The van der Waals surface area contributed by atoms with Gasteiger partial charge in [-0.05, 0) is 56.7 Å². The first-order valence-corrected chi connectivity index (χ1v) is 8.18. The molecule has 0 bridgehead atoms. The molecule has 3 heteroatoms. The molecule has 0 aliphatic heterocycles. The van der Waals surface area contributed by atoms with Gasteiger partial charge in [0.25, 0.3) is 0 Å². The van der Waals surface area contributed by atoms with E-state index in [1.54, 1.807) is 0 Å². The first-order chi connectivity index (χ1) is 10.4. The lowest BCUT2D eigenvalue weighted by Gasteiger charge is -2.35. The first kappa shape index (κ1) is 13.1. The van der Waals surface area contributed by atoms with E-state index in [1.165, 1.54) is 54.6 Å². The Morgan fingerprint density at radius 3 is 2.90 bits per heavy atom. The van der Waals surface area contributed by atoms with E-state index in [2.05, 4.69) is 47.5 Å². The van der Waals surface area contributed by atoms with Crippen LogP contribution in [0.1, 0.15) is 53.9 Å². The summed E-state index contributed by atoms with van der Waals surface area (Å²) in [6.07, 6.45) is 9.44. The summed E-state index contributed by atoms with van der Waals surface area (Å²) >= 11 is 0. The normalized spacial score (nSPS) is 24.4. The van der Waals surface area contributed by atoms with Crippen LogP contribution in [0.4, 0.5) is 0 Å². The van der Waals surface area contributed by atoms with Crippen LogP contribution in [0, 0.1) is 0 Å². The highest BCUT2D eigenvalue weighted by atomic mass is 15.1. The van der Waals surface area contributed by atoms with E-state index in [0.29, 0.717) is 12.1 Å². The van der Waals surface area contributed by atoms with Crippen molar-refractivity contribution in [2.24, 2.45) is 0 Å². The summed E-state index contributed by atoms with van der Waals surface area (Å²) in [6.45, 7) is 0. The van der Waals surface area contributed by atoms with Gasteiger partial charge >= 0.3 is 0 Å². The Kier molecular flexibility index (Phi) is 3.30. The molecule has 1 heterocycles. The molecule has 1 aromatic heterocycles. The molecule has 2 aliphatic rings. The molecule has 0 saturated carbocycles. The lowest BCUT2D eigenvalue weighted by molar-refractivity contribution is 0.324. The molecule has 1 N–H and O–H groups in total. The predicted molar refractivity (Wildman–Crippen MR) is 84.5 cm³/mol. The van der Waals surface area contributed by atoms with E-state index in [0.717, 1.165) is 6.42 Å². The number of rotatable bonds is 2. The van der Waals surface area contributed by atoms with Gasteiger partial charge in [-0.1, -0.05) is 24.3 Å². The van der Waals surface area contributed by atoms with Crippen LogP contribution in [0.3, 0.4) is 0 Å². The van der Waals surface area contributed by atoms with Gasteiger partial charge in [-0.3, -0.25) is 0 Å². The average Bonchev–Trinajstić information content (AvgIpc) is 2.97. The Hall–Kier alpha value is -1.61. The van der Waals surface area contributed by atoms with Crippen LogP contribution in [0.5, 0.6) is 0 Å². The molecular weight excluding hydrogens is 258 g/mol. The van der Waals surface area contributed by atoms with Gasteiger partial charge in [0, 0.05) is 5.69 Å². The van der Waals surface area contributed by atoms with Gasteiger partial charge in [0.2, 0.25) is 0 Å². The molecule has 2 atom stereocenters. The highest BCUT2D eigenvalue weighted by Crippen LogP contribution is 2.39. The molecule has 2 unspecified atom stereocenters. The molecule has 2 aliphatic carbocycles. The number of fused-ring (bicyclic) bond motifs is 2. The quantitative estimate of drug-likeness (QED) is 0.916. The topological polar surface area (TPSA) is 29.9 Å². The van der Waals surface area contributed by atoms with Gasteiger partial charge in [-0.2, -0.15) is 0 Å². The van der Waals surface area contributed by atoms with Crippen molar-refractivity contribution < 1.29 is 0 Å². The fourth-order valence-corrected chi connectivity index (χ4v) is 4.17. The van der Waals surface area contributed by atoms with Crippen LogP contribution < -0.4 is 5.32 Å². The van der Waals surface area contributed by atoms with Gasteiger partial charge in [-0.25, -0.2) is 4.98 Å². The number of imidazole rings is 1. The largest absolute Gasteiger partial charge is 0.329 e. The highest BCUT2D eigenvalue weighted by molar-refractivity contribution is 5.34. The van der Waals surface area contributed by atoms with Gasteiger partial charge in [0.15, 0.2) is 0 Å². The number of aromatic nitrogens is 2.